The summed E-state index contributed by atoms with van der Waals surface area (Å²) in [5.74, 6) is 0. The molecule has 0 heterocycles. The number of hydrogen-bond acceptors (Lipinski definition) is 2. The molecule has 1 fully saturated rings. The first-order valence-corrected chi connectivity index (χ1v) is 6.30. The monoisotopic (exact) mass is 238 g/mol. The van der Waals surface area contributed by atoms with Crippen LogP contribution in [0.4, 0.5) is 11.4 Å². The summed E-state index contributed by atoms with van der Waals surface area (Å²) >= 11 is 6.17. The van der Waals surface area contributed by atoms with Gasteiger partial charge >= 0.3 is 0 Å². The summed E-state index contributed by atoms with van der Waals surface area (Å²) in [6, 6.07) is 5.66. The normalized spacial score (nSPS) is 19.4. The zero-order valence-electron chi connectivity index (χ0n) is 9.72. The SMILES string of the molecule is CC1(Nc2ccc(N)cc2Cl)CCCCC1. The van der Waals surface area contributed by atoms with Crippen LogP contribution in [0.3, 0.4) is 0 Å². The van der Waals surface area contributed by atoms with E-state index in [9.17, 15) is 0 Å². The average molecular weight is 239 g/mol. The fraction of sp³-hybridized carbons (Fsp3) is 0.538. The standard InChI is InChI=1S/C13H19ClN2/c1-13(7-3-2-4-8-13)16-12-6-5-10(15)9-11(12)14/h5-6,9,16H,2-4,7-8,15H2,1H3. The second-order valence-corrected chi connectivity index (χ2v) is 5.39. The van der Waals surface area contributed by atoms with Gasteiger partial charge in [-0.2, -0.15) is 0 Å². The van der Waals surface area contributed by atoms with Crippen LogP contribution < -0.4 is 11.1 Å². The highest BCUT2D eigenvalue weighted by atomic mass is 35.5. The van der Waals surface area contributed by atoms with Gasteiger partial charge < -0.3 is 11.1 Å². The molecule has 88 valence electrons. The number of halogens is 1. The third kappa shape index (κ3) is 2.62. The van der Waals surface area contributed by atoms with Crippen LogP contribution >= 0.6 is 11.6 Å². The molecule has 0 unspecified atom stereocenters. The predicted octanol–water partition coefficient (Wildman–Crippen LogP) is 4.06. The molecule has 1 aromatic rings. The Labute approximate surface area is 102 Å². The molecule has 0 spiro atoms. The molecule has 0 radical (unpaired) electrons. The molecular formula is C13H19ClN2. The van der Waals surface area contributed by atoms with Crippen molar-refractivity contribution in [2.75, 3.05) is 11.1 Å². The largest absolute Gasteiger partial charge is 0.399 e. The molecule has 0 bridgehead atoms. The van der Waals surface area contributed by atoms with E-state index in [4.69, 9.17) is 17.3 Å². The summed E-state index contributed by atoms with van der Waals surface area (Å²) in [5.41, 5.74) is 7.59. The topological polar surface area (TPSA) is 38.0 Å². The maximum Gasteiger partial charge on any atom is 0.0658 e. The molecule has 1 aliphatic rings. The van der Waals surface area contributed by atoms with E-state index in [1.54, 1.807) is 6.07 Å². The minimum absolute atomic E-state index is 0.192. The van der Waals surface area contributed by atoms with Crippen molar-refractivity contribution in [1.82, 2.24) is 0 Å². The Morgan fingerprint density at radius 2 is 1.94 bits per heavy atom. The molecule has 0 amide bonds. The maximum absolute atomic E-state index is 6.17. The van der Waals surface area contributed by atoms with Crippen molar-refractivity contribution in [3.8, 4) is 0 Å². The zero-order chi connectivity index (χ0) is 11.6. The van der Waals surface area contributed by atoms with Crippen molar-refractivity contribution >= 4 is 23.0 Å². The van der Waals surface area contributed by atoms with Crippen LogP contribution in [0.5, 0.6) is 0 Å². The van der Waals surface area contributed by atoms with Crippen LogP contribution in [0.25, 0.3) is 0 Å². The lowest BCUT2D eigenvalue weighted by atomic mass is 9.83. The van der Waals surface area contributed by atoms with Gasteiger partial charge in [0.1, 0.15) is 0 Å². The Balaban J connectivity index is 2.13. The fourth-order valence-corrected chi connectivity index (χ4v) is 2.65. The Morgan fingerprint density at radius 1 is 1.25 bits per heavy atom. The summed E-state index contributed by atoms with van der Waals surface area (Å²) in [6.07, 6.45) is 6.39. The van der Waals surface area contributed by atoms with Crippen molar-refractivity contribution in [2.24, 2.45) is 0 Å². The number of nitrogens with two attached hydrogens (primary N) is 1. The van der Waals surface area contributed by atoms with Crippen molar-refractivity contribution in [2.45, 2.75) is 44.6 Å². The van der Waals surface area contributed by atoms with E-state index < -0.39 is 0 Å². The second-order valence-electron chi connectivity index (χ2n) is 4.99. The highest BCUT2D eigenvalue weighted by Gasteiger charge is 2.26. The molecule has 1 aliphatic carbocycles. The van der Waals surface area contributed by atoms with Crippen LogP contribution in [0.1, 0.15) is 39.0 Å². The third-order valence-corrected chi connectivity index (χ3v) is 3.70. The van der Waals surface area contributed by atoms with Gasteiger partial charge in [0.2, 0.25) is 0 Å². The molecule has 16 heavy (non-hydrogen) atoms. The highest BCUT2D eigenvalue weighted by Crippen LogP contribution is 2.34. The van der Waals surface area contributed by atoms with E-state index in [1.165, 1.54) is 32.1 Å². The number of nitrogens with one attached hydrogen (secondary N) is 1. The molecule has 3 heteroatoms. The molecule has 2 rings (SSSR count). The smallest absolute Gasteiger partial charge is 0.0658 e. The Hall–Kier alpha value is -0.890. The molecule has 1 saturated carbocycles. The van der Waals surface area contributed by atoms with E-state index >= 15 is 0 Å². The van der Waals surface area contributed by atoms with E-state index in [2.05, 4.69) is 12.2 Å². The van der Waals surface area contributed by atoms with E-state index in [1.807, 2.05) is 12.1 Å². The number of rotatable bonds is 2. The molecule has 0 saturated heterocycles. The number of anilines is 2. The quantitative estimate of drug-likeness (QED) is 0.763. The first-order valence-electron chi connectivity index (χ1n) is 5.92. The van der Waals surface area contributed by atoms with Crippen molar-refractivity contribution < 1.29 is 0 Å². The minimum Gasteiger partial charge on any atom is -0.399 e. The van der Waals surface area contributed by atoms with Crippen molar-refractivity contribution in [3.05, 3.63) is 23.2 Å². The van der Waals surface area contributed by atoms with Crippen LogP contribution in [-0.4, -0.2) is 5.54 Å². The lowest BCUT2D eigenvalue weighted by molar-refractivity contribution is 0.349. The Bertz CT molecular complexity index is 370. The van der Waals surface area contributed by atoms with Crippen molar-refractivity contribution in [1.29, 1.82) is 0 Å². The van der Waals surface area contributed by atoms with Gasteiger partial charge in [-0.05, 0) is 38.0 Å². The summed E-state index contributed by atoms with van der Waals surface area (Å²) in [5, 5.41) is 4.28. The van der Waals surface area contributed by atoms with Gasteiger partial charge in [-0.1, -0.05) is 30.9 Å². The van der Waals surface area contributed by atoms with Crippen LogP contribution in [-0.2, 0) is 0 Å². The fourth-order valence-electron chi connectivity index (χ4n) is 2.41. The third-order valence-electron chi connectivity index (χ3n) is 3.39. The molecular weight excluding hydrogens is 220 g/mol. The molecule has 0 atom stereocenters. The van der Waals surface area contributed by atoms with Crippen LogP contribution in [0, 0.1) is 0 Å². The Kier molecular flexibility index (Phi) is 3.29. The summed E-state index contributed by atoms with van der Waals surface area (Å²) in [7, 11) is 0. The van der Waals surface area contributed by atoms with Gasteiger partial charge in [0.25, 0.3) is 0 Å². The second kappa shape index (κ2) is 4.54. The summed E-state index contributed by atoms with van der Waals surface area (Å²) < 4.78 is 0. The van der Waals surface area contributed by atoms with E-state index in [0.29, 0.717) is 10.7 Å². The predicted molar refractivity (Wildman–Crippen MR) is 71.0 cm³/mol. The van der Waals surface area contributed by atoms with Gasteiger partial charge in [-0.25, -0.2) is 0 Å². The van der Waals surface area contributed by atoms with E-state index in [-0.39, 0.29) is 5.54 Å². The molecule has 0 aromatic heterocycles. The van der Waals surface area contributed by atoms with Gasteiger partial charge in [0.05, 0.1) is 10.7 Å². The van der Waals surface area contributed by atoms with E-state index in [0.717, 1.165) is 5.69 Å². The molecule has 1 aromatic carbocycles. The first kappa shape index (κ1) is 11.6. The van der Waals surface area contributed by atoms with Gasteiger partial charge in [-0.3, -0.25) is 0 Å². The lowest BCUT2D eigenvalue weighted by Gasteiger charge is -2.35. The van der Waals surface area contributed by atoms with Crippen LogP contribution in [0.15, 0.2) is 18.2 Å². The van der Waals surface area contributed by atoms with Crippen molar-refractivity contribution in [3.63, 3.8) is 0 Å². The zero-order valence-corrected chi connectivity index (χ0v) is 10.5. The molecule has 3 N–H and O–H groups in total. The maximum atomic E-state index is 6.17. The summed E-state index contributed by atoms with van der Waals surface area (Å²) in [4.78, 5) is 0. The first-order chi connectivity index (χ1) is 7.59. The number of nitrogen functional groups attached to an aromatic ring is 1. The highest BCUT2D eigenvalue weighted by molar-refractivity contribution is 6.33. The number of hydrogen-bond donors (Lipinski definition) is 2. The molecule has 0 aliphatic heterocycles. The summed E-state index contributed by atoms with van der Waals surface area (Å²) in [6.45, 7) is 2.28. The average Bonchev–Trinajstić information content (AvgIpc) is 2.23. The minimum atomic E-state index is 0.192. The number of benzene rings is 1. The lowest BCUT2D eigenvalue weighted by Crippen LogP contribution is -2.36. The molecule has 2 nitrogen and oxygen atoms in total. The van der Waals surface area contributed by atoms with Gasteiger partial charge in [-0.15, -0.1) is 0 Å². The van der Waals surface area contributed by atoms with Gasteiger partial charge in [0.15, 0.2) is 0 Å². The van der Waals surface area contributed by atoms with Crippen LogP contribution in [0.2, 0.25) is 5.02 Å². The Morgan fingerprint density at radius 3 is 2.56 bits per heavy atom. The van der Waals surface area contributed by atoms with Gasteiger partial charge in [0, 0.05) is 11.2 Å².